The fraction of sp³-hybridized carbons (Fsp3) is 0.160. The smallest absolute Gasteiger partial charge is 0.224 e. The number of Topliss-reactive ketones (excluding diaryl/α,β-unsaturated/α-hetero) is 1. The molecule has 0 radical (unpaired) electrons. The van der Waals surface area contributed by atoms with Crippen molar-refractivity contribution < 1.29 is 9.59 Å². The largest absolute Gasteiger partial charge is 0.353 e. The van der Waals surface area contributed by atoms with Crippen molar-refractivity contribution in [3.8, 4) is 11.4 Å². The maximum atomic E-state index is 12.5. The first-order chi connectivity index (χ1) is 15.0. The van der Waals surface area contributed by atoms with Crippen molar-refractivity contribution >= 4 is 39.9 Å². The minimum absolute atomic E-state index is 0.0313. The maximum Gasteiger partial charge on any atom is 0.224 e. The summed E-state index contributed by atoms with van der Waals surface area (Å²) in [7, 11) is 0. The quantitative estimate of drug-likeness (QED) is 0.350. The Labute approximate surface area is 185 Å². The lowest BCUT2D eigenvalue weighted by Crippen LogP contribution is -2.12. The van der Waals surface area contributed by atoms with E-state index < -0.39 is 0 Å². The molecule has 4 aromatic rings. The second kappa shape index (κ2) is 9.14. The Hall–Kier alpha value is -3.44. The molecule has 2 heterocycles. The summed E-state index contributed by atoms with van der Waals surface area (Å²) in [5.41, 5.74) is 5.11. The van der Waals surface area contributed by atoms with Crippen molar-refractivity contribution in [2.75, 3.05) is 5.32 Å². The van der Waals surface area contributed by atoms with E-state index in [0.29, 0.717) is 35.5 Å². The number of fused-ring (bicyclic) bond motifs is 1. The third-order valence-corrected chi connectivity index (χ3v) is 5.41. The SMILES string of the molecule is CC(=O)c1cccc(NC(=O)CCCc2c(-c3ccccn3)[nH]c3ccc(Cl)cc23)c1. The number of H-pyrrole nitrogens is 1. The van der Waals surface area contributed by atoms with Crippen molar-refractivity contribution in [1.29, 1.82) is 0 Å². The number of aromatic nitrogens is 2. The number of rotatable bonds is 7. The highest BCUT2D eigenvalue weighted by atomic mass is 35.5. The number of pyridine rings is 1. The number of ketones is 1. The Bertz CT molecular complexity index is 1250. The maximum absolute atomic E-state index is 12.5. The van der Waals surface area contributed by atoms with Crippen LogP contribution in [0.2, 0.25) is 5.02 Å². The van der Waals surface area contributed by atoms with E-state index in [1.807, 2.05) is 36.4 Å². The monoisotopic (exact) mass is 431 g/mol. The highest BCUT2D eigenvalue weighted by Crippen LogP contribution is 2.32. The van der Waals surface area contributed by atoms with Crippen LogP contribution in [0.3, 0.4) is 0 Å². The predicted octanol–water partition coefficient (Wildman–Crippen LogP) is 6.05. The normalized spacial score (nSPS) is 10.9. The molecule has 2 aromatic heterocycles. The van der Waals surface area contributed by atoms with Gasteiger partial charge >= 0.3 is 0 Å². The molecule has 0 atom stereocenters. The van der Waals surface area contributed by atoms with Crippen molar-refractivity contribution in [3.05, 3.63) is 83.0 Å². The van der Waals surface area contributed by atoms with Gasteiger partial charge < -0.3 is 10.3 Å². The molecule has 2 N–H and O–H groups in total. The average Bonchev–Trinajstić information content (AvgIpc) is 3.12. The van der Waals surface area contributed by atoms with Crippen LogP contribution in [-0.2, 0) is 11.2 Å². The van der Waals surface area contributed by atoms with Crippen LogP contribution in [0.1, 0.15) is 35.7 Å². The minimum Gasteiger partial charge on any atom is -0.353 e. The van der Waals surface area contributed by atoms with Crippen molar-refractivity contribution in [2.45, 2.75) is 26.2 Å². The number of aryl methyl sites for hydroxylation is 1. The number of amides is 1. The topological polar surface area (TPSA) is 74.8 Å². The van der Waals surface area contributed by atoms with E-state index in [-0.39, 0.29) is 11.7 Å². The van der Waals surface area contributed by atoms with Crippen LogP contribution in [0, 0.1) is 0 Å². The molecule has 0 spiro atoms. The Morgan fingerprint density at radius 1 is 1.06 bits per heavy atom. The van der Waals surface area contributed by atoms with Gasteiger partial charge in [-0.05, 0) is 67.8 Å². The molecule has 0 saturated carbocycles. The molecular weight excluding hydrogens is 410 g/mol. The van der Waals surface area contributed by atoms with Gasteiger partial charge in [0.1, 0.15) is 0 Å². The Morgan fingerprint density at radius 2 is 1.94 bits per heavy atom. The number of carbonyl (C=O) groups excluding carboxylic acids is 2. The molecule has 0 aliphatic heterocycles. The van der Waals surface area contributed by atoms with E-state index in [0.717, 1.165) is 27.9 Å². The van der Waals surface area contributed by atoms with E-state index in [4.69, 9.17) is 11.6 Å². The summed E-state index contributed by atoms with van der Waals surface area (Å²) in [4.78, 5) is 31.9. The zero-order valence-corrected chi connectivity index (χ0v) is 17.9. The number of anilines is 1. The Morgan fingerprint density at radius 3 is 2.71 bits per heavy atom. The molecule has 1 amide bonds. The third kappa shape index (κ3) is 4.84. The summed E-state index contributed by atoms with van der Waals surface area (Å²) in [6, 6.07) is 18.5. The number of hydrogen-bond acceptors (Lipinski definition) is 3. The first kappa shape index (κ1) is 20.8. The van der Waals surface area contributed by atoms with Crippen LogP contribution in [-0.4, -0.2) is 21.7 Å². The van der Waals surface area contributed by atoms with Gasteiger partial charge in [0.05, 0.1) is 11.4 Å². The van der Waals surface area contributed by atoms with E-state index in [9.17, 15) is 9.59 Å². The molecule has 4 rings (SSSR count). The van der Waals surface area contributed by atoms with Crippen molar-refractivity contribution in [3.63, 3.8) is 0 Å². The van der Waals surface area contributed by atoms with E-state index >= 15 is 0 Å². The van der Waals surface area contributed by atoms with Gasteiger partial charge in [0.2, 0.25) is 5.91 Å². The van der Waals surface area contributed by atoms with Crippen molar-refractivity contribution in [1.82, 2.24) is 9.97 Å². The van der Waals surface area contributed by atoms with Crippen LogP contribution in [0.25, 0.3) is 22.3 Å². The van der Waals surface area contributed by atoms with Gasteiger partial charge in [-0.3, -0.25) is 14.6 Å². The first-order valence-electron chi connectivity index (χ1n) is 10.1. The lowest BCUT2D eigenvalue weighted by atomic mass is 10.0. The number of carbonyl (C=O) groups is 2. The molecule has 0 bridgehead atoms. The van der Waals surface area contributed by atoms with Gasteiger partial charge in [-0.25, -0.2) is 0 Å². The second-order valence-electron chi connectivity index (χ2n) is 7.42. The standard InChI is InChI=1S/C25H22ClN3O2/c1-16(30)17-6-4-7-19(14-17)28-24(31)10-5-8-20-21-15-18(26)11-12-22(21)29-25(20)23-9-2-3-13-27-23/h2-4,6-7,9,11-15,29H,5,8,10H2,1H3,(H,28,31). The number of nitrogens with zero attached hydrogens (tertiary/aromatic N) is 1. The lowest BCUT2D eigenvalue weighted by molar-refractivity contribution is -0.116. The second-order valence-corrected chi connectivity index (χ2v) is 7.86. The molecule has 0 unspecified atom stereocenters. The summed E-state index contributed by atoms with van der Waals surface area (Å²) in [5.74, 6) is -0.117. The molecule has 0 saturated heterocycles. The summed E-state index contributed by atoms with van der Waals surface area (Å²) in [6.45, 7) is 1.51. The lowest BCUT2D eigenvalue weighted by Gasteiger charge is -2.08. The van der Waals surface area contributed by atoms with Gasteiger partial charge in [-0.1, -0.05) is 29.8 Å². The van der Waals surface area contributed by atoms with Crippen LogP contribution < -0.4 is 5.32 Å². The molecule has 0 fully saturated rings. The molecule has 5 nitrogen and oxygen atoms in total. The highest BCUT2D eigenvalue weighted by Gasteiger charge is 2.15. The van der Waals surface area contributed by atoms with Gasteiger partial charge in [0.15, 0.2) is 5.78 Å². The van der Waals surface area contributed by atoms with Crippen molar-refractivity contribution in [2.24, 2.45) is 0 Å². The number of benzene rings is 2. The fourth-order valence-electron chi connectivity index (χ4n) is 3.67. The molecule has 0 aliphatic rings. The number of halogens is 1. The number of hydrogen-bond donors (Lipinski definition) is 2. The zero-order valence-electron chi connectivity index (χ0n) is 17.1. The van der Waals surface area contributed by atoms with Crippen LogP contribution in [0.4, 0.5) is 5.69 Å². The molecule has 2 aromatic carbocycles. The molecule has 0 aliphatic carbocycles. The predicted molar refractivity (Wildman–Crippen MR) is 125 cm³/mol. The van der Waals surface area contributed by atoms with Gasteiger partial charge in [-0.15, -0.1) is 0 Å². The fourth-order valence-corrected chi connectivity index (χ4v) is 3.85. The van der Waals surface area contributed by atoms with Crippen LogP contribution in [0.5, 0.6) is 0 Å². The zero-order chi connectivity index (χ0) is 21.8. The Kier molecular flexibility index (Phi) is 6.14. The van der Waals surface area contributed by atoms with Gasteiger partial charge in [0.25, 0.3) is 0 Å². The first-order valence-corrected chi connectivity index (χ1v) is 10.5. The van der Waals surface area contributed by atoms with Crippen LogP contribution in [0.15, 0.2) is 66.9 Å². The molecule has 156 valence electrons. The number of nitrogens with one attached hydrogen (secondary N) is 2. The molecule has 31 heavy (non-hydrogen) atoms. The summed E-state index contributed by atoms with van der Waals surface area (Å²) in [5, 5.41) is 4.59. The molecule has 6 heteroatoms. The van der Waals surface area contributed by atoms with E-state index in [1.165, 1.54) is 6.92 Å². The van der Waals surface area contributed by atoms with Crippen LogP contribution >= 0.6 is 11.6 Å². The summed E-state index contributed by atoms with van der Waals surface area (Å²) >= 11 is 6.24. The number of aromatic amines is 1. The van der Waals surface area contributed by atoms with E-state index in [1.54, 1.807) is 30.5 Å². The van der Waals surface area contributed by atoms with Gasteiger partial charge in [-0.2, -0.15) is 0 Å². The highest BCUT2D eigenvalue weighted by molar-refractivity contribution is 6.31. The Balaban J connectivity index is 1.50. The average molecular weight is 432 g/mol. The minimum atomic E-state index is -0.0852. The third-order valence-electron chi connectivity index (χ3n) is 5.17. The molecular formula is C25H22ClN3O2. The van der Waals surface area contributed by atoms with E-state index in [2.05, 4.69) is 15.3 Å². The van der Waals surface area contributed by atoms with Gasteiger partial charge in [0, 0.05) is 39.8 Å². The summed E-state index contributed by atoms with van der Waals surface area (Å²) in [6.07, 6.45) is 3.49. The summed E-state index contributed by atoms with van der Waals surface area (Å²) < 4.78 is 0.